The number of anilines is 2. The van der Waals surface area contributed by atoms with E-state index in [1.807, 2.05) is 101 Å². The Labute approximate surface area is 314 Å². The van der Waals surface area contributed by atoms with Gasteiger partial charge in [-0.3, -0.25) is 9.69 Å². The Hall–Kier alpha value is -3.23. The van der Waals surface area contributed by atoms with Gasteiger partial charge in [0.1, 0.15) is 17.9 Å². The standard InChI is InChI=1S/C18H22N2O.C14H21N3S.C7H12O.2C2H6/c1-5-18(3,4)17(21)20-16-11-15(13(2)12-19-16)14-9-7-6-8-10-14;1-15-14-9-11(10-17-5-7-18-8-6-17)12-3-2-4-13(12)16-14;1-7(2,5-8)6-3-4-6;2*1-2/h6-12H,5H2,1-4H3,(H,19,20,21);9H,2-8,10H2,1H3,(H,15,16);5-6H,3-4H2,1-2H3;2*1-2H3. The van der Waals surface area contributed by atoms with Crippen molar-refractivity contribution < 1.29 is 9.59 Å². The van der Waals surface area contributed by atoms with E-state index in [0.29, 0.717) is 11.7 Å². The lowest BCUT2D eigenvalue weighted by atomic mass is 9.89. The molecule has 6 rings (SSSR count). The third-order valence-corrected chi connectivity index (χ3v) is 10.7. The number of aldehydes is 1. The Bertz CT molecular complexity index is 1480. The van der Waals surface area contributed by atoms with Crippen molar-refractivity contribution >= 4 is 35.6 Å². The lowest BCUT2D eigenvalue weighted by Gasteiger charge is -2.27. The molecule has 0 atom stereocenters. The van der Waals surface area contributed by atoms with Crippen LogP contribution in [0.5, 0.6) is 0 Å². The molecule has 2 aromatic heterocycles. The molecule has 0 bridgehead atoms. The van der Waals surface area contributed by atoms with Crippen LogP contribution in [0.25, 0.3) is 11.1 Å². The molecule has 1 aliphatic heterocycles. The normalized spacial score (nSPS) is 15.1. The van der Waals surface area contributed by atoms with E-state index in [1.165, 1.54) is 67.1 Å². The quantitative estimate of drug-likeness (QED) is 0.213. The fourth-order valence-electron chi connectivity index (χ4n) is 5.79. The van der Waals surface area contributed by atoms with E-state index in [9.17, 15) is 9.59 Å². The number of nitrogens with one attached hydrogen (secondary N) is 2. The fourth-order valence-corrected chi connectivity index (χ4v) is 6.77. The maximum absolute atomic E-state index is 12.2. The van der Waals surface area contributed by atoms with Crippen LogP contribution in [0.4, 0.5) is 11.6 Å². The largest absolute Gasteiger partial charge is 0.373 e. The number of nitrogens with zero attached hydrogens (tertiary/aromatic N) is 3. The van der Waals surface area contributed by atoms with Gasteiger partial charge in [0.2, 0.25) is 5.91 Å². The molecule has 0 unspecified atom stereocenters. The van der Waals surface area contributed by atoms with E-state index in [0.717, 1.165) is 48.2 Å². The summed E-state index contributed by atoms with van der Waals surface area (Å²) in [6.07, 6.45) is 9.84. The number of aromatic nitrogens is 2. The van der Waals surface area contributed by atoms with Gasteiger partial charge in [0.05, 0.1) is 0 Å². The first-order chi connectivity index (χ1) is 24.5. The first-order valence-corrected chi connectivity index (χ1v) is 20.4. The molecule has 3 aliphatic rings. The molecule has 1 amide bonds. The predicted molar refractivity (Wildman–Crippen MR) is 221 cm³/mol. The Morgan fingerprint density at radius 3 is 2.18 bits per heavy atom. The van der Waals surface area contributed by atoms with Crippen molar-refractivity contribution in [3.8, 4) is 11.1 Å². The van der Waals surface area contributed by atoms with Crippen LogP contribution in [-0.2, 0) is 29.0 Å². The van der Waals surface area contributed by atoms with Gasteiger partial charge in [0.15, 0.2) is 0 Å². The summed E-state index contributed by atoms with van der Waals surface area (Å²) in [6.45, 7) is 23.5. The number of hydrogen-bond acceptors (Lipinski definition) is 7. The molecule has 2 aliphatic carbocycles. The van der Waals surface area contributed by atoms with Crippen molar-refractivity contribution in [2.45, 2.75) is 114 Å². The zero-order valence-corrected chi connectivity index (χ0v) is 34.4. The van der Waals surface area contributed by atoms with Gasteiger partial charge >= 0.3 is 0 Å². The topological polar surface area (TPSA) is 87.2 Å². The molecule has 1 saturated carbocycles. The van der Waals surface area contributed by atoms with Gasteiger partial charge in [-0.2, -0.15) is 11.8 Å². The number of hydrogen-bond donors (Lipinski definition) is 2. The number of amides is 1. The molecule has 1 aromatic carbocycles. The second-order valence-corrected chi connectivity index (χ2v) is 15.5. The molecule has 282 valence electrons. The van der Waals surface area contributed by atoms with Crippen LogP contribution in [-0.4, -0.2) is 58.7 Å². The molecular weight excluding hydrogens is 651 g/mol. The monoisotopic (exact) mass is 718 g/mol. The van der Waals surface area contributed by atoms with Gasteiger partial charge in [0.25, 0.3) is 0 Å². The van der Waals surface area contributed by atoms with Crippen molar-refractivity contribution in [3.05, 3.63) is 71.0 Å². The van der Waals surface area contributed by atoms with Crippen LogP contribution in [0.3, 0.4) is 0 Å². The van der Waals surface area contributed by atoms with Crippen LogP contribution >= 0.6 is 11.8 Å². The van der Waals surface area contributed by atoms with Crippen LogP contribution in [0.1, 0.15) is 110 Å². The Balaban J connectivity index is 0.000000271. The number of fused-ring (bicyclic) bond motifs is 1. The van der Waals surface area contributed by atoms with E-state index >= 15 is 0 Å². The van der Waals surface area contributed by atoms with Crippen molar-refractivity contribution in [1.82, 2.24) is 14.9 Å². The van der Waals surface area contributed by atoms with Gasteiger partial charge in [-0.1, -0.05) is 92.6 Å². The first kappa shape index (κ1) is 43.9. The number of thioether (sulfide) groups is 1. The highest BCUT2D eigenvalue weighted by atomic mass is 32.2. The SMILES string of the molecule is CC.CC.CC(C)(C=O)C1CC1.CCC(C)(C)C(=O)Nc1cc(-c2ccccc2)c(C)cn1.CNc1cc(CN2CCSCC2)c2c(n1)CCC2. The molecule has 7 nitrogen and oxygen atoms in total. The van der Waals surface area contributed by atoms with Crippen molar-refractivity contribution in [2.75, 3.05) is 42.3 Å². The summed E-state index contributed by atoms with van der Waals surface area (Å²) in [6, 6.07) is 14.3. The Morgan fingerprint density at radius 2 is 1.63 bits per heavy atom. The summed E-state index contributed by atoms with van der Waals surface area (Å²) < 4.78 is 0. The highest BCUT2D eigenvalue weighted by molar-refractivity contribution is 7.99. The number of rotatable bonds is 9. The van der Waals surface area contributed by atoms with E-state index in [1.54, 1.807) is 6.20 Å². The summed E-state index contributed by atoms with van der Waals surface area (Å²) in [5, 5.41) is 6.12. The zero-order valence-electron chi connectivity index (χ0n) is 33.6. The van der Waals surface area contributed by atoms with Crippen LogP contribution in [0.15, 0.2) is 48.7 Å². The summed E-state index contributed by atoms with van der Waals surface area (Å²) in [7, 11) is 1.96. The lowest BCUT2D eigenvalue weighted by molar-refractivity contribution is -0.124. The smallest absolute Gasteiger partial charge is 0.231 e. The zero-order chi connectivity index (χ0) is 38.0. The minimum Gasteiger partial charge on any atom is -0.373 e. The molecule has 8 heteroatoms. The van der Waals surface area contributed by atoms with Gasteiger partial charge in [-0.05, 0) is 91.3 Å². The third kappa shape index (κ3) is 13.7. The van der Waals surface area contributed by atoms with Crippen LogP contribution < -0.4 is 10.6 Å². The molecule has 1 saturated heterocycles. The number of carbonyl (C=O) groups excluding carboxylic acids is 2. The average Bonchev–Trinajstić information content (AvgIpc) is 3.93. The summed E-state index contributed by atoms with van der Waals surface area (Å²) in [4.78, 5) is 34.2. The van der Waals surface area contributed by atoms with Crippen molar-refractivity contribution in [2.24, 2.45) is 16.7 Å². The number of pyridine rings is 2. The number of carbonyl (C=O) groups is 2. The molecular formula is C43H67N5O2S. The predicted octanol–water partition coefficient (Wildman–Crippen LogP) is 10.3. The summed E-state index contributed by atoms with van der Waals surface area (Å²) >= 11 is 2.08. The van der Waals surface area contributed by atoms with Crippen LogP contribution in [0, 0.1) is 23.7 Å². The van der Waals surface area contributed by atoms with E-state index in [-0.39, 0.29) is 16.7 Å². The van der Waals surface area contributed by atoms with Gasteiger partial charge < -0.3 is 15.4 Å². The molecule has 3 aromatic rings. The second kappa shape index (κ2) is 22.0. The highest BCUT2D eigenvalue weighted by Gasteiger charge is 2.37. The maximum atomic E-state index is 12.2. The van der Waals surface area contributed by atoms with Crippen molar-refractivity contribution in [1.29, 1.82) is 0 Å². The Morgan fingerprint density at radius 1 is 0.980 bits per heavy atom. The molecule has 0 radical (unpaired) electrons. The molecule has 3 heterocycles. The minimum absolute atomic E-state index is 0.000338. The van der Waals surface area contributed by atoms with Crippen LogP contribution in [0.2, 0.25) is 0 Å². The fraction of sp³-hybridized carbons (Fsp3) is 0.581. The van der Waals surface area contributed by atoms with Gasteiger partial charge in [-0.15, -0.1) is 0 Å². The number of benzene rings is 1. The summed E-state index contributed by atoms with van der Waals surface area (Å²) in [5.74, 6) is 4.90. The lowest BCUT2D eigenvalue weighted by Crippen LogP contribution is -2.32. The second-order valence-electron chi connectivity index (χ2n) is 14.2. The third-order valence-electron chi connectivity index (χ3n) is 9.76. The molecule has 2 fully saturated rings. The van der Waals surface area contributed by atoms with E-state index in [4.69, 9.17) is 4.98 Å². The van der Waals surface area contributed by atoms with Gasteiger partial charge in [0, 0.05) is 60.9 Å². The van der Waals surface area contributed by atoms with Crippen molar-refractivity contribution in [3.63, 3.8) is 0 Å². The first-order valence-electron chi connectivity index (χ1n) is 19.3. The molecule has 0 spiro atoms. The van der Waals surface area contributed by atoms with E-state index < -0.39 is 0 Å². The van der Waals surface area contributed by atoms with Gasteiger partial charge in [-0.25, -0.2) is 9.97 Å². The maximum Gasteiger partial charge on any atom is 0.231 e. The molecule has 2 N–H and O–H groups in total. The highest BCUT2D eigenvalue weighted by Crippen LogP contribution is 2.43. The minimum atomic E-state index is -0.389. The Kier molecular flexibility index (Phi) is 18.9. The molecule has 51 heavy (non-hydrogen) atoms. The average molecular weight is 718 g/mol. The summed E-state index contributed by atoms with van der Waals surface area (Å²) in [5.41, 5.74) is 7.27. The number of aryl methyl sites for hydroxylation is 2. The van der Waals surface area contributed by atoms with E-state index in [2.05, 4.69) is 50.5 Å².